The summed E-state index contributed by atoms with van der Waals surface area (Å²) in [7, 11) is 2.20. The summed E-state index contributed by atoms with van der Waals surface area (Å²) >= 11 is 0. The third kappa shape index (κ3) is 5.22. The highest BCUT2D eigenvalue weighted by atomic mass is 16.3. The molecule has 1 aliphatic rings. The summed E-state index contributed by atoms with van der Waals surface area (Å²) in [5.74, 6) is 0. The number of aliphatic hydroxyl groups is 1. The molecule has 4 nitrogen and oxygen atoms in total. The van der Waals surface area contributed by atoms with E-state index in [0.717, 1.165) is 32.1 Å². The van der Waals surface area contributed by atoms with Crippen molar-refractivity contribution in [3.63, 3.8) is 0 Å². The highest BCUT2D eigenvalue weighted by molar-refractivity contribution is 4.80. The minimum Gasteiger partial charge on any atom is -0.395 e. The number of likely N-dealkylation sites (tertiary alicyclic amines) is 1. The lowest BCUT2D eigenvalue weighted by atomic mass is 10.1. The first-order valence-electron chi connectivity index (χ1n) is 7.48. The van der Waals surface area contributed by atoms with E-state index >= 15 is 0 Å². The minimum absolute atomic E-state index is 0.242. The Morgan fingerprint density at radius 1 is 1.44 bits per heavy atom. The standard InChI is InChI=1S/C14H31N3O/c1-4-15-13(12-18)8-10-16(3)11-14-7-6-9-17(14)5-2/h13-15,18H,4-12H2,1-3H3. The molecule has 0 aliphatic carbocycles. The van der Waals surface area contributed by atoms with Gasteiger partial charge in [-0.25, -0.2) is 0 Å². The molecular formula is C14H31N3O. The average Bonchev–Trinajstić information content (AvgIpc) is 2.81. The fourth-order valence-corrected chi connectivity index (χ4v) is 2.89. The Bertz CT molecular complexity index is 213. The number of hydrogen-bond donors (Lipinski definition) is 2. The van der Waals surface area contributed by atoms with Gasteiger partial charge in [-0.2, -0.15) is 0 Å². The van der Waals surface area contributed by atoms with Crippen LogP contribution in [0.15, 0.2) is 0 Å². The maximum atomic E-state index is 9.25. The number of hydrogen-bond acceptors (Lipinski definition) is 4. The molecule has 1 saturated heterocycles. The minimum atomic E-state index is 0.242. The van der Waals surface area contributed by atoms with Crippen molar-refractivity contribution in [2.45, 2.75) is 45.2 Å². The van der Waals surface area contributed by atoms with Gasteiger partial charge < -0.3 is 15.3 Å². The van der Waals surface area contributed by atoms with E-state index in [4.69, 9.17) is 0 Å². The highest BCUT2D eigenvalue weighted by Gasteiger charge is 2.23. The zero-order valence-corrected chi connectivity index (χ0v) is 12.4. The Hall–Kier alpha value is -0.160. The number of rotatable bonds is 9. The molecule has 2 atom stereocenters. The maximum absolute atomic E-state index is 9.25. The summed E-state index contributed by atoms with van der Waals surface area (Å²) in [6.45, 7) is 10.2. The molecule has 1 fully saturated rings. The van der Waals surface area contributed by atoms with Gasteiger partial charge in [0.2, 0.25) is 0 Å². The highest BCUT2D eigenvalue weighted by Crippen LogP contribution is 2.17. The Kier molecular flexibility index (Phi) is 7.82. The first-order chi connectivity index (χ1) is 8.71. The van der Waals surface area contributed by atoms with Crippen molar-refractivity contribution in [1.82, 2.24) is 15.1 Å². The van der Waals surface area contributed by atoms with Gasteiger partial charge in [-0.1, -0.05) is 13.8 Å². The van der Waals surface area contributed by atoms with Crippen LogP contribution in [-0.4, -0.2) is 73.4 Å². The topological polar surface area (TPSA) is 38.7 Å². The smallest absolute Gasteiger partial charge is 0.0585 e. The summed E-state index contributed by atoms with van der Waals surface area (Å²) in [6, 6.07) is 0.995. The van der Waals surface area contributed by atoms with Crippen molar-refractivity contribution in [2.24, 2.45) is 0 Å². The van der Waals surface area contributed by atoms with Gasteiger partial charge in [0.1, 0.15) is 0 Å². The summed E-state index contributed by atoms with van der Waals surface area (Å²) in [6.07, 6.45) is 3.72. The normalized spacial score (nSPS) is 22.8. The molecule has 0 amide bonds. The summed E-state index contributed by atoms with van der Waals surface area (Å²) in [5.41, 5.74) is 0. The van der Waals surface area contributed by atoms with E-state index < -0.39 is 0 Å². The van der Waals surface area contributed by atoms with Crippen molar-refractivity contribution in [3.05, 3.63) is 0 Å². The molecule has 0 bridgehead atoms. The van der Waals surface area contributed by atoms with Crippen molar-refractivity contribution in [2.75, 3.05) is 46.4 Å². The van der Waals surface area contributed by atoms with Crippen LogP contribution in [0.2, 0.25) is 0 Å². The van der Waals surface area contributed by atoms with Gasteiger partial charge in [-0.3, -0.25) is 4.90 Å². The number of nitrogens with one attached hydrogen (secondary N) is 1. The van der Waals surface area contributed by atoms with Gasteiger partial charge in [-0.05, 0) is 52.5 Å². The summed E-state index contributed by atoms with van der Waals surface area (Å²) < 4.78 is 0. The Morgan fingerprint density at radius 3 is 2.83 bits per heavy atom. The molecule has 0 saturated carbocycles. The van der Waals surface area contributed by atoms with Crippen LogP contribution in [-0.2, 0) is 0 Å². The Balaban J connectivity index is 2.22. The molecule has 108 valence electrons. The molecule has 0 spiro atoms. The SMILES string of the molecule is CCNC(CO)CCN(C)CC1CCCN1CC. The first kappa shape index (κ1) is 15.9. The van der Waals surface area contributed by atoms with Crippen molar-refractivity contribution < 1.29 is 5.11 Å². The number of nitrogens with zero attached hydrogens (tertiary/aromatic N) is 2. The molecule has 2 unspecified atom stereocenters. The number of aliphatic hydroxyl groups excluding tert-OH is 1. The third-order valence-corrected chi connectivity index (χ3v) is 4.00. The fourth-order valence-electron chi connectivity index (χ4n) is 2.89. The molecule has 0 radical (unpaired) electrons. The van der Waals surface area contributed by atoms with Crippen LogP contribution in [0, 0.1) is 0 Å². The van der Waals surface area contributed by atoms with Crippen LogP contribution >= 0.6 is 0 Å². The third-order valence-electron chi connectivity index (χ3n) is 4.00. The lowest BCUT2D eigenvalue weighted by Crippen LogP contribution is -2.41. The fraction of sp³-hybridized carbons (Fsp3) is 1.00. The van der Waals surface area contributed by atoms with E-state index in [1.165, 1.54) is 25.9 Å². The van der Waals surface area contributed by atoms with E-state index in [9.17, 15) is 5.11 Å². The largest absolute Gasteiger partial charge is 0.395 e. The second-order valence-corrected chi connectivity index (χ2v) is 5.41. The predicted molar refractivity (Wildman–Crippen MR) is 76.9 cm³/mol. The van der Waals surface area contributed by atoms with E-state index in [0.29, 0.717) is 0 Å². The Labute approximate surface area is 112 Å². The van der Waals surface area contributed by atoms with E-state index in [1.54, 1.807) is 0 Å². The molecule has 1 aliphatic heterocycles. The molecule has 0 aromatic rings. The van der Waals surface area contributed by atoms with E-state index in [1.807, 2.05) is 0 Å². The van der Waals surface area contributed by atoms with Crippen molar-refractivity contribution in [1.29, 1.82) is 0 Å². The summed E-state index contributed by atoms with van der Waals surface area (Å²) in [5, 5.41) is 12.6. The van der Waals surface area contributed by atoms with E-state index in [2.05, 4.69) is 36.0 Å². The van der Waals surface area contributed by atoms with E-state index in [-0.39, 0.29) is 12.6 Å². The van der Waals surface area contributed by atoms with Crippen LogP contribution in [0.1, 0.15) is 33.1 Å². The molecule has 4 heteroatoms. The van der Waals surface area contributed by atoms with Crippen LogP contribution in [0.25, 0.3) is 0 Å². The van der Waals surface area contributed by atoms with Gasteiger partial charge >= 0.3 is 0 Å². The van der Waals surface area contributed by atoms with Gasteiger partial charge in [0, 0.05) is 18.6 Å². The van der Waals surface area contributed by atoms with Gasteiger partial charge in [-0.15, -0.1) is 0 Å². The maximum Gasteiger partial charge on any atom is 0.0585 e. The van der Waals surface area contributed by atoms with Crippen molar-refractivity contribution in [3.8, 4) is 0 Å². The zero-order valence-electron chi connectivity index (χ0n) is 12.4. The summed E-state index contributed by atoms with van der Waals surface area (Å²) in [4.78, 5) is 5.00. The second kappa shape index (κ2) is 8.86. The molecular weight excluding hydrogens is 226 g/mol. The number of likely N-dealkylation sites (N-methyl/N-ethyl adjacent to an activating group) is 3. The molecule has 0 aromatic carbocycles. The molecule has 2 N–H and O–H groups in total. The lowest BCUT2D eigenvalue weighted by Gasteiger charge is -2.28. The second-order valence-electron chi connectivity index (χ2n) is 5.41. The molecule has 1 heterocycles. The van der Waals surface area contributed by atoms with Crippen LogP contribution in [0.3, 0.4) is 0 Å². The van der Waals surface area contributed by atoms with Gasteiger partial charge in [0.15, 0.2) is 0 Å². The Morgan fingerprint density at radius 2 is 2.22 bits per heavy atom. The predicted octanol–water partition coefficient (Wildman–Crippen LogP) is 0.763. The average molecular weight is 257 g/mol. The van der Waals surface area contributed by atoms with Crippen molar-refractivity contribution >= 4 is 0 Å². The first-order valence-corrected chi connectivity index (χ1v) is 7.48. The molecule has 1 rings (SSSR count). The quantitative estimate of drug-likeness (QED) is 0.640. The van der Waals surface area contributed by atoms with Crippen LogP contribution in [0.5, 0.6) is 0 Å². The van der Waals surface area contributed by atoms with Crippen LogP contribution < -0.4 is 5.32 Å². The van der Waals surface area contributed by atoms with Crippen LogP contribution in [0.4, 0.5) is 0 Å². The zero-order chi connectivity index (χ0) is 13.4. The van der Waals surface area contributed by atoms with Gasteiger partial charge in [0.25, 0.3) is 0 Å². The lowest BCUT2D eigenvalue weighted by molar-refractivity contribution is 0.181. The molecule has 18 heavy (non-hydrogen) atoms. The molecule has 0 aromatic heterocycles. The monoisotopic (exact) mass is 257 g/mol. The van der Waals surface area contributed by atoms with Gasteiger partial charge in [0.05, 0.1) is 6.61 Å².